The second-order valence-corrected chi connectivity index (χ2v) is 7.19. The van der Waals surface area contributed by atoms with E-state index in [1.807, 2.05) is 19.9 Å². The fourth-order valence-electron chi connectivity index (χ4n) is 2.38. The number of aromatic nitrogens is 4. The number of sulfonamides is 1. The van der Waals surface area contributed by atoms with Crippen molar-refractivity contribution in [2.75, 3.05) is 5.32 Å². The highest BCUT2D eigenvalue weighted by atomic mass is 32.2. The van der Waals surface area contributed by atoms with E-state index in [1.165, 1.54) is 30.6 Å². The van der Waals surface area contributed by atoms with Crippen molar-refractivity contribution >= 4 is 21.7 Å². The zero-order chi connectivity index (χ0) is 18.9. The summed E-state index contributed by atoms with van der Waals surface area (Å²) in [7, 11) is -3.80. The minimum Gasteiger partial charge on any atom is -0.306 e. The number of hydrogen-bond donors (Lipinski definition) is 2. The molecule has 0 aliphatic rings. The molecule has 0 saturated heterocycles. The summed E-state index contributed by atoms with van der Waals surface area (Å²) in [4.78, 5) is 20.4. The minimum atomic E-state index is -3.80. The molecule has 0 aliphatic heterocycles. The Bertz CT molecular complexity index is 1070. The fraction of sp³-hybridized carbons (Fsp3) is 0.125. The number of nitrogens with one attached hydrogen (secondary N) is 1. The summed E-state index contributed by atoms with van der Waals surface area (Å²) in [5.41, 5.74) is 2.02. The number of carbonyl (C=O) groups is 1. The minimum absolute atomic E-state index is 0.0668. The van der Waals surface area contributed by atoms with Gasteiger partial charge in [-0.25, -0.2) is 28.2 Å². The number of nitrogens with two attached hydrogens (primary N) is 1. The van der Waals surface area contributed by atoms with E-state index < -0.39 is 15.9 Å². The molecule has 9 nitrogen and oxygen atoms in total. The topological polar surface area (TPSA) is 133 Å². The van der Waals surface area contributed by atoms with Crippen molar-refractivity contribution in [2.45, 2.75) is 18.7 Å². The van der Waals surface area contributed by atoms with Crippen LogP contribution in [0.3, 0.4) is 0 Å². The van der Waals surface area contributed by atoms with E-state index in [0.29, 0.717) is 11.6 Å². The Labute approximate surface area is 149 Å². The van der Waals surface area contributed by atoms with Gasteiger partial charge in [0.1, 0.15) is 12.1 Å². The molecule has 134 valence electrons. The van der Waals surface area contributed by atoms with Gasteiger partial charge in [0.2, 0.25) is 10.0 Å². The summed E-state index contributed by atoms with van der Waals surface area (Å²) in [5, 5.41) is 12.0. The maximum atomic E-state index is 12.3. The Hall–Kier alpha value is -3.11. The highest BCUT2D eigenvalue weighted by Gasteiger charge is 2.12. The second-order valence-electron chi connectivity index (χ2n) is 5.62. The Morgan fingerprint density at radius 2 is 1.81 bits per heavy atom. The summed E-state index contributed by atoms with van der Waals surface area (Å²) in [6.45, 7) is 3.77. The lowest BCUT2D eigenvalue weighted by Crippen LogP contribution is -2.15. The smallest absolute Gasteiger partial charge is 0.256 e. The molecule has 0 aliphatic carbocycles. The van der Waals surface area contributed by atoms with E-state index in [-0.39, 0.29) is 10.5 Å². The van der Waals surface area contributed by atoms with Crippen LogP contribution in [0.1, 0.15) is 21.7 Å². The molecule has 0 fully saturated rings. The number of anilines is 1. The lowest BCUT2D eigenvalue weighted by molar-refractivity contribution is 0.102. The zero-order valence-corrected chi connectivity index (χ0v) is 14.9. The Morgan fingerprint density at radius 1 is 1.12 bits per heavy atom. The molecule has 0 spiro atoms. The van der Waals surface area contributed by atoms with Crippen molar-refractivity contribution in [3.63, 3.8) is 0 Å². The summed E-state index contributed by atoms with van der Waals surface area (Å²) >= 11 is 0. The van der Waals surface area contributed by atoms with Gasteiger partial charge in [0, 0.05) is 17.3 Å². The number of primary sulfonamides is 1. The maximum Gasteiger partial charge on any atom is 0.256 e. The molecule has 0 atom stereocenters. The Morgan fingerprint density at radius 3 is 2.38 bits per heavy atom. The molecular weight excluding hydrogens is 356 g/mol. The van der Waals surface area contributed by atoms with Crippen molar-refractivity contribution in [3.8, 4) is 5.82 Å². The number of hydrogen-bond acceptors (Lipinski definition) is 6. The number of nitrogens with zero attached hydrogens (tertiary/aromatic N) is 4. The van der Waals surface area contributed by atoms with Gasteiger partial charge in [-0.1, -0.05) is 0 Å². The zero-order valence-electron chi connectivity index (χ0n) is 14.0. The van der Waals surface area contributed by atoms with Crippen LogP contribution in [-0.4, -0.2) is 34.1 Å². The van der Waals surface area contributed by atoms with E-state index in [1.54, 1.807) is 10.7 Å². The average molecular weight is 372 g/mol. The third kappa shape index (κ3) is 3.76. The van der Waals surface area contributed by atoms with Crippen molar-refractivity contribution in [1.82, 2.24) is 19.7 Å². The van der Waals surface area contributed by atoms with Crippen LogP contribution < -0.4 is 10.5 Å². The lowest BCUT2D eigenvalue weighted by Gasteiger charge is -2.07. The van der Waals surface area contributed by atoms with Gasteiger partial charge >= 0.3 is 0 Å². The summed E-state index contributed by atoms with van der Waals surface area (Å²) in [5.74, 6) is 0.373. The van der Waals surface area contributed by atoms with Gasteiger partial charge in [-0.15, -0.1) is 0 Å². The molecule has 1 aromatic carbocycles. The largest absolute Gasteiger partial charge is 0.306 e. The molecule has 3 rings (SSSR count). The number of rotatable bonds is 4. The van der Waals surface area contributed by atoms with Gasteiger partial charge < -0.3 is 5.32 Å². The summed E-state index contributed by atoms with van der Waals surface area (Å²) in [6, 6.07) is 8.79. The van der Waals surface area contributed by atoms with Gasteiger partial charge in [-0.05, 0) is 44.2 Å². The molecule has 3 N–H and O–H groups in total. The van der Waals surface area contributed by atoms with Crippen molar-refractivity contribution in [1.29, 1.82) is 0 Å². The molecule has 2 aromatic heterocycles. The van der Waals surface area contributed by atoms with E-state index in [9.17, 15) is 13.2 Å². The van der Waals surface area contributed by atoms with Crippen LogP contribution in [0.4, 0.5) is 5.82 Å². The second kappa shape index (κ2) is 6.65. The molecule has 2 heterocycles. The molecule has 1 amide bonds. The predicted molar refractivity (Wildman–Crippen MR) is 94.4 cm³/mol. The predicted octanol–water partition coefficient (Wildman–Crippen LogP) is 1.18. The van der Waals surface area contributed by atoms with Crippen molar-refractivity contribution in [2.24, 2.45) is 5.14 Å². The number of benzene rings is 1. The molecular formula is C16H16N6O3S. The van der Waals surface area contributed by atoms with E-state index in [4.69, 9.17) is 5.14 Å². The van der Waals surface area contributed by atoms with E-state index in [2.05, 4.69) is 20.4 Å². The normalized spacial score (nSPS) is 11.3. The first-order chi connectivity index (χ1) is 12.2. The highest BCUT2D eigenvalue weighted by Crippen LogP contribution is 2.14. The van der Waals surface area contributed by atoms with Crippen LogP contribution in [-0.2, 0) is 10.0 Å². The fourth-order valence-corrected chi connectivity index (χ4v) is 2.89. The molecule has 0 unspecified atom stereocenters. The van der Waals surface area contributed by atoms with Gasteiger partial charge in [0.15, 0.2) is 5.82 Å². The number of amides is 1. The van der Waals surface area contributed by atoms with Gasteiger partial charge in [-0.2, -0.15) is 5.10 Å². The van der Waals surface area contributed by atoms with Gasteiger partial charge in [0.25, 0.3) is 5.91 Å². The molecule has 10 heteroatoms. The van der Waals surface area contributed by atoms with Crippen LogP contribution >= 0.6 is 0 Å². The summed E-state index contributed by atoms with van der Waals surface area (Å²) in [6.07, 6.45) is 1.32. The lowest BCUT2D eigenvalue weighted by atomic mass is 10.2. The highest BCUT2D eigenvalue weighted by molar-refractivity contribution is 7.89. The quantitative estimate of drug-likeness (QED) is 0.706. The number of aryl methyl sites for hydroxylation is 2. The van der Waals surface area contributed by atoms with Crippen LogP contribution in [0.25, 0.3) is 5.82 Å². The molecule has 0 saturated carbocycles. The van der Waals surface area contributed by atoms with E-state index in [0.717, 1.165) is 11.4 Å². The van der Waals surface area contributed by atoms with Crippen LogP contribution in [0.15, 0.2) is 47.6 Å². The van der Waals surface area contributed by atoms with E-state index >= 15 is 0 Å². The third-order valence-corrected chi connectivity index (χ3v) is 4.50. The SMILES string of the molecule is Cc1cc(C)n(-c2cc(NC(=O)c3ccc(S(N)(=O)=O)cc3)ncn2)n1. The van der Waals surface area contributed by atoms with Gasteiger partial charge in [-0.3, -0.25) is 4.79 Å². The van der Waals surface area contributed by atoms with Crippen molar-refractivity contribution < 1.29 is 13.2 Å². The average Bonchev–Trinajstić information content (AvgIpc) is 2.93. The standard InChI is InChI=1S/C16H16N6O3S/c1-10-7-11(2)22(21-10)15-8-14(18-9-19-15)20-16(23)12-3-5-13(6-4-12)26(17,24)25/h3-9H,1-2H3,(H2,17,24,25)(H,18,19,20,23). The maximum absolute atomic E-state index is 12.3. The first-order valence-corrected chi connectivity index (χ1v) is 9.08. The van der Waals surface area contributed by atoms with Crippen LogP contribution in [0.2, 0.25) is 0 Å². The summed E-state index contributed by atoms with van der Waals surface area (Å²) < 4.78 is 24.2. The molecule has 3 aromatic rings. The monoisotopic (exact) mass is 372 g/mol. The van der Waals surface area contributed by atoms with Gasteiger partial charge in [0.05, 0.1) is 10.6 Å². The first kappa shape index (κ1) is 17.7. The van der Waals surface area contributed by atoms with Crippen LogP contribution in [0.5, 0.6) is 0 Å². The van der Waals surface area contributed by atoms with Crippen LogP contribution in [0, 0.1) is 13.8 Å². The Kier molecular flexibility index (Phi) is 4.53. The molecule has 0 radical (unpaired) electrons. The Balaban J connectivity index is 1.82. The molecule has 0 bridgehead atoms. The third-order valence-electron chi connectivity index (χ3n) is 3.57. The molecule has 26 heavy (non-hydrogen) atoms. The number of carbonyl (C=O) groups excluding carboxylic acids is 1. The first-order valence-electron chi connectivity index (χ1n) is 7.54. The van der Waals surface area contributed by atoms with Crippen molar-refractivity contribution in [3.05, 3.63) is 59.7 Å².